The van der Waals surface area contributed by atoms with Crippen LogP contribution < -0.4 is 11.1 Å². The highest BCUT2D eigenvalue weighted by atomic mass is 35.5. The molecule has 4 nitrogen and oxygen atoms in total. The maximum atomic E-state index is 13.0. The number of alkyl halides is 3. The van der Waals surface area contributed by atoms with Gasteiger partial charge in [0.1, 0.15) is 10.7 Å². The van der Waals surface area contributed by atoms with E-state index in [1.54, 1.807) is 24.3 Å². The van der Waals surface area contributed by atoms with E-state index >= 15 is 0 Å². The van der Waals surface area contributed by atoms with Gasteiger partial charge in [-0.2, -0.15) is 13.2 Å². The molecule has 140 valence electrons. The molecule has 1 heterocycles. The SMILES string of the molecule is Nc1c(C(=O)Nc2cccc(Cl)c2)sc(=S)n1-c1cccc(C(F)(F)F)c1. The van der Waals surface area contributed by atoms with Gasteiger partial charge in [0.05, 0.1) is 5.56 Å². The molecule has 0 saturated carbocycles. The molecule has 0 atom stereocenters. The molecule has 0 aliphatic carbocycles. The molecule has 10 heteroatoms. The highest BCUT2D eigenvalue weighted by molar-refractivity contribution is 7.73. The van der Waals surface area contributed by atoms with Crippen molar-refractivity contribution < 1.29 is 18.0 Å². The monoisotopic (exact) mass is 429 g/mol. The van der Waals surface area contributed by atoms with E-state index in [0.717, 1.165) is 23.5 Å². The van der Waals surface area contributed by atoms with Gasteiger partial charge in [0, 0.05) is 16.4 Å². The van der Waals surface area contributed by atoms with E-state index in [2.05, 4.69) is 5.32 Å². The van der Waals surface area contributed by atoms with E-state index in [1.807, 2.05) is 0 Å². The van der Waals surface area contributed by atoms with E-state index in [0.29, 0.717) is 10.7 Å². The number of carbonyl (C=O) groups excluding carboxylic acids is 1. The largest absolute Gasteiger partial charge is 0.416 e. The van der Waals surface area contributed by atoms with Crippen molar-refractivity contribution in [2.75, 3.05) is 11.1 Å². The lowest BCUT2D eigenvalue weighted by Crippen LogP contribution is -2.13. The number of nitrogens with one attached hydrogen (secondary N) is 1. The molecule has 0 aliphatic rings. The first-order chi connectivity index (χ1) is 12.7. The summed E-state index contributed by atoms with van der Waals surface area (Å²) in [5.41, 5.74) is 5.77. The fraction of sp³-hybridized carbons (Fsp3) is 0.0588. The van der Waals surface area contributed by atoms with Crippen molar-refractivity contribution in [2.45, 2.75) is 6.18 Å². The van der Waals surface area contributed by atoms with Gasteiger partial charge < -0.3 is 11.1 Å². The van der Waals surface area contributed by atoms with Gasteiger partial charge in [-0.15, -0.1) is 0 Å². The Kier molecular flexibility index (Phi) is 5.27. The number of benzene rings is 2. The van der Waals surface area contributed by atoms with Crippen molar-refractivity contribution in [1.82, 2.24) is 4.57 Å². The normalized spacial score (nSPS) is 11.4. The van der Waals surface area contributed by atoms with Crippen LogP contribution in [0.3, 0.4) is 0 Å². The third-order valence-corrected chi connectivity index (χ3v) is 5.19. The minimum atomic E-state index is -4.50. The Balaban J connectivity index is 1.98. The molecule has 3 aromatic rings. The van der Waals surface area contributed by atoms with Crippen LogP contribution in [-0.4, -0.2) is 10.5 Å². The summed E-state index contributed by atoms with van der Waals surface area (Å²) in [5, 5.41) is 3.07. The number of thiazole rings is 1. The van der Waals surface area contributed by atoms with Crippen LogP contribution in [0.4, 0.5) is 24.7 Å². The lowest BCUT2D eigenvalue weighted by atomic mass is 10.2. The quantitative estimate of drug-likeness (QED) is 0.519. The Bertz CT molecular complexity index is 1080. The van der Waals surface area contributed by atoms with E-state index in [4.69, 9.17) is 29.6 Å². The van der Waals surface area contributed by atoms with Gasteiger partial charge in [-0.05, 0) is 48.6 Å². The Morgan fingerprint density at radius 3 is 2.56 bits per heavy atom. The van der Waals surface area contributed by atoms with Gasteiger partial charge in [0.15, 0.2) is 3.95 Å². The molecule has 0 fully saturated rings. The van der Waals surface area contributed by atoms with Crippen molar-refractivity contribution >= 4 is 52.6 Å². The van der Waals surface area contributed by atoms with Crippen LogP contribution in [0.15, 0.2) is 48.5 Å². The highest BCUT2D eigenvalue weighted by Gasteiger charge is 2.31. The number of halogens is 4. The lowest BCUT2D eigenvalue weighted by molar-refractivity contribution is -0.137. The average Bonchev–Trinajstić information content (AvgIpc) is 2.89. The van der Waals surface area contributed by atoms with Crippen LogP contribution >= 0.6 is 35.2 Å². The van der Waals surface area contributed by atoms with Crippen LogP contribution in [0.25, 0.3) is 5.69 Å². The topological polar surface area (TPSA) is 60.1 Å². The highest BCUT2D eigenvalue weighted by Crippen LogP contribution is 2.33. The lowest BCUT2D eigenvalue weighted by Gasteiger charge is -2.11. The molecule has 2 aromatic carbocycles. The molecule has 3 N–H and O–H groups in total. The van der Waals surface area contributed by atoms with E-state index < -0.39 is 17.6 Å². The number of anilines is 2. The van der Waals surface area contributed by atoms with Gasteiger partial charge in [0.2, 0.25) is 0 Å². The number of hydrogen-bond donors (Lipinski definition) is 2. The number of nitrogens with two attached hydrogens (primary N) is 1. The van der Waals surface area contributed by atoms with Crippen LogP contribution in [0.5, 0.6) is 0 Å². The molecule has 27 heavy (non-hydrogen) atoms. The van der Waals surface area contributed by atoms with Crippen LogP contribution in [-0.2, 0) is 6.18 Å². The van der Waals surface area contributed by atoms with Crippen molar-refractivity contribution in [3.8, 4) is 5.69 Å². The summed E-state index contributed by atoms with van der Waals surface area (Å²) in [6, 6.07) is 11.1. The molecule has 1 amide bonds. The van der Waals surface area contributed by atoms with Crippen LogP contribution in [0.1, 0.15) is 15.2 Å². The summed E-state index contributed by atoms with van der Waals surface area (Å²) in [5.74, 6) is -0.569. The summed E-state index contributed by atoms with van der Waals surface area (Å²) < 4.78 is 40.3. The zero-order chi connectivity index (χ0) is 19.8. The number of rotatable bonds is 3. The molecule has 0 bridgehead atoms. The van der Waals surface area contributed by atoms with Gasteiger partial charge in [0.25, 0.3) is 5.91 Å². The van der Waals surface area contributed by atoms with Crippen molar-refractivity contribution in [2.24, 2.45) is 0 Å². The second-order valence-electron chi connectivity index (χ2n) is 5.43. The first kappa shape index (κ1) is 19.4. The van der Waals surface area contributed by atoms with Gasteiger partial charge in [-0.3, -0.25) is 9.36 Å². The van der Waals surface area contributed by atoms with E-state index in [9.17, 15) is 18.0 Å². The van der Waals surface area contributed by atoms with Crippen LogP contribution in [0.2, 0.25) is 5.02 Å². The number of carbonyl (C=O) groups is 1. The van der Waals surface area contributed by atoms with Gasteiger partial charge in [-0.1, -0.05) is 35.1 Å². The smallest absolute Gasteiger partial charge is 0.383 e. The van der Waals surface area contributed by atoms with E-state index in [-0.39, 0.29) is 20.3 Å². The van der Waals surface area contributed by atoms with E-state index in [1.165, 1.54) is 16.7 Å². The zero-order valence-electron chi connectivity index (χ0n) is 13.4. The number of amides is 1. The summed E-state index contributed by atoms with van der Waals surface area (Å²) in [4.78, 5) is 12.6. The van der Waals surface area contributed by atoms with Crippen molar-refractivity contribution in [3.05, 3.63) is 67.9 Å². The Labute approximate surface area is 166 Å². The third kappa shape index (κ3) is 4.15. The Hall–Kier alpha value is -2.36. The Morgan fingerprint density at radius 2 is 1.89 bits per heavy atom. The minimum absolute atomic E-state index is 0.0381. The second kappa shape index (κ2) is 7.34. The predicted molar refractivity (Wildman–Crippen MR) is 103 cm³/mol. The summed E-state index contributed by atoms with van der Waals surface area (Å²) in [6.07, 6.45) is -4.50. The summed E-state index contributed by atoms with van der Waals surface area (Å²) in [6.45, 7) is 0. The maximum Gasteiger partial charge on any atom is 0.416 e. The zero-order valence-corrected chi connectivity index (χ0v) is 15.8. The molecule has 0 radical (unpaired) electrons. The summed E-state index contributed by atoms with van der Waals surface area (Å²) >= 11 is 12.0. The number of nitrogen functional groups attached to an aromatic ring is 1. The fourth-order valence-electron chi connectivity index (χ4n) is 2.37. The number of hydrogen-bond acceptors (Lipinski definition) is 4. The molecule has 0 spiro atoms. The predicted octanol–water partition coefficient (Wildman–Crippen LogP) is 5.77. The molecule has 1 aromatic heterocycles. The molecular formula is C17H11ClF3N3OS2. The molecule has 0 aliphatic heterocycles. The molecule has 0 unspecified atom stereocenters. The van der Waals surface area contributed by atoms with Gasteiger partial charge >= 0.3 is 6.18 Å². The second-order valence-corrected chi connectivity index (χ2v) is 7.51. The maximum absolute atomic E-state index is 13.0. The average molecular weight is 430 g/mol. The minimum Gasteiger partial charge on any atom is -0.383 e. The molecular weight excluding hydrogens is 419 g/mol. The number of aromatic nitrogens is 1. The van der Waals surface area contributed by atoms with Crippen molar-refractivity contribution in [3.63, 3.8) is 0 Å². The summed E-state index contributed by atoms with van der Waals surface area (Å²) in [7, 11) is 0. The molecule has 0 saturated heterocycles. The third-order valence-electron chi connectivity index (χ3n) is 3.57. The van der Waals surface area contributed by atoms with Gasteiger partial charge in [-0.25, -0.2) is 0 Å². The van der Waals surface area contributed by atoms with Crippen molar-refractivity contribution in [1.29, 1.82) is 0 Å². The standard InChI is InChI=1S/C17H11ClF3N3OS2/c18-10-4-2-5-11(8-10)23-15(25)13-14(22)24(16(26)27-13)12-6-1-3-9(7-12)17(19,20)21/h1-8H,22H2,(H,23,25). The van der Waals surface area contributed by atoms with Crippen LogP contribution in [0, 0.1) is 3.95 Å². The Morgan fingerprint density at radius 1 is 1.19 bits per heavy atom. The first-order valence-electron chi connectivity index (χ1n) is 7.42. The first-order valence-corrected chi connectivity index (χ1v) is 9.03. The fourth-order valence-corrected chi connectivity index (χ4v) is 3.82. The molecule has 3 rings (SSSR count). The number of nitrogens with zero attached hydrogens (tertiary/aromatic N) is 1.